The Morgan fingerprint density at radius 3 is 0.727 bits per heavy atom. The van der Waals surface area contributed by atoms with Crippen molar-refractivity contribution in [3.8, 4) is 37.0 Å². The molecule has 0 rings (SSSR count). The van der Waals surface area contributed by atoms with Crippen LogP contribution in [0.3, 0.4) is 0 Å². The van der Waals surface area contributed by atoms with Gasteiger partial charge in [0.05, 0.1) is 0 Å². The van der Waals surface area contributed by atoms with Crippen LogP contribution in [0.2, 0.25) is 0 Å². The second-order valence-electron chi connectivity index (χ2n) is 9.23. The third kappa shape index (κ3) is 49.1. The van der Waals surface area contributed by atoms with Gasteiger partial charge in [0.25, 0.3) is 0 Å². The second kappa shape index (κ2) is 41.0. The van der Waals surface area contributed by atoms with E-state index in [1.165, 1.54) is 135 Å². The van der Waals surface area contributed by atoms with Crippen LogP contribution in [0.4, 0.5) is 0 Å². The molecule has 0 atom stereocenters. The Balaban J connectivity index is -0.000000496. The molecule has 0 aliphatic rings. The third-order valence-electron chi connectivity index (χ3n) is 5.77. The van der Waals surface area contributed by atoms with Crippen LogP contribution >= 0.6 is 0 Å². The van der Waals surface area contributed by atoms with E-state index < -0.39 is 0 Å². The first-order valence-electron chi connectivity index (χ1n) is 14.5. The average Bonchev–Trinajstić information content (AvgIpc) is 2.84. The first-order chi connectivity index (χ1) is 16.2. The van der Waals surface area contributed by atoms with Crippen molar-refractivity contribution in [1.29, 1.82) is 0 Å². The molecule has 33 heavy (non-hydrogen) atoms. The minimum absolute atomic E-state index is 0.941. The lowest BCUT2D eigenvalue weighted by atomic mass is 10.0. The highest BCUT2D eigenvalue weighted by Gasteiger charge is 1.93. The van der Waals surface area contributed by atoms with E-state index in [1.807, 2.05) is 0 Å². The summed E-state index contributed by atoms with van der Waals surface area (Å²) in [7, 11) is 0. The van der Waals surface area contributed by atoms with Gasteiger partial charge in [0.2, 0.25) is 0 Å². The highest BCUT2D eigenvalue weighted by molar-refractivity contribution is 4.83. The topological polar surface area (TPSA) is 0 Å². The molecule has 0 saturated heterocycles. The summed E-state index contributed by atoms with van der Waals surface area (Å²) in [4.78, 5) is 0. The summed E-state index contributed by atoms with van der Waals surface area (Å²) < 4.78 is 0. The molecule has 0 aromatic rings. The first-order valence-corrected chi connectivity index (χ1v) is 14.5. The van der Waals surface area contributed by atoms with E-state index in [0.717, 1.165) is 19.3 Å². The van der Waals surface area contributed by atoms with Gasteiger partial charge in [-0.15, -0.1) is 37.0 Å². The van der Waals surface area contributed by atoms with E-state index in [-0.39, 0.29) is 0 Å². The van der Waals surface area contributed by atoms with Gasteiger partial charge >= 0.3 is 0 Å². The van der Waals surface area contributed by atoms with Crippen molar-refractivity contribution in [1.82, 2.24) is 0 Å². The van der Waals surface area contributed by atoms with E-state index in [0.29, 0.717) is 0 Å². The van der Waals surface area contributed by atoms with Crippen LogP contribution < -0.4 is 0 Å². The largest absolute Gasteiger partial charge is 0.120 e. The maximum absolute atomic E-state index is 5.23. The Kier molecular flexibility index (Phi) is 45.0. The Bertz CT molecular complexity index is 424. The number of hydrogen-bond donors (Lipinski definition) is 0. The van der Waals surface area contributed by atoms with Crippen molar-refractivity contribution in [3.05, 3.63) is 0 Å². The summed E-state index contributed by atoms with van der Waals surface area (Å²) in [6.45, 7) is 6.64. The summed E-state index contributed by atoms with van der Waals surface area (Å²) in [5.41, 5.74) is 0. The molecule has 0 aliphatic heterocycles. The van der Waals surface area contributed by atoms with Crippen LogP contribution in [0.1, 0.15) is 175 Å². The molecule has 192 valence electrons. The van der Waals surface area contributed by atoms with Gasteiger partial charge < -0.3 is 0 Å². The van der Waals surface area contributed by atoms with Crippen LogP contribution in [0, 0.1) is 37.0 Å². The van der Waals surface area contributed by atoms with Crippen molar-refractivity contribution >= 4 is 0 Å². The molecule has 0 nitrogen and oxygen atoms in total. The molecule has 0 aliphatic carbocycles. The first kappa shape index (κ1) is 36.3. The highest BCUT2D eigenvalue weighted by Crippen LogP contribution is 2.13. The zero-order chi connectivity index (χ0) is 25.1. The van der Waals surface area contributed by atoms with Crippen LogP contribution in [-0.2, 0) is 0 Å². The predicted octanol–water partition coefficient (Wildman–Crippen LogP) is 11.3. The Morgan fingerprint density at radius 2 is 0.515 bits per heavy atom. The predicted molar refractivity (Wildman–Crippen MR) is 154 cm³/mol. The van der Waals surface area contributed by atoms with E-state index in [2.05, 4.69) is 38.5 Å². The Hall–Kier alpha value is -1.32. The molecule has 0 unspecified atom stereocenters. The lowest BCUT2D eigenvalue weighted by Crippen LogP contribution is -1.83. The van der Waals surface area contributed by atoms with Gasteiger partial charge in [-0.1, -0.05) is 136 Å². The molecular formula is C33H60. The molecule has 0 fully saturated rings. The quantitative estimate of drug-likeness (QED) is 0.119. The molecule has 0 aromatic heterocycles. The monoisotopic (exact) mass is 456 g/mol. The van der Waals surface area contributed by atoms with Gasteiger partial charge in [-0.2, -0.15) is 0 Å². The lowest BCUT2D eigenvalue weighted by Gasteiger charge is -2.02. The smallest absolute Gasteiger partial charge is 0.00860 e. The van der Waals surface area contributed by atoms with Crippen molar-refractivity contribution in [2.24, 2.45) is 0 Å². The fourth-order valence-corrected chi connectivity index (χ4v) is 3.53. The number of rotatable bonds is 21. The second-order valence-corrected chi connectivity index (χ2v) is 9.23. The summed E-state index contributed by atoms with van der Waals surface area (Å²) in [6, 6.07) is 0. The van der Waals surface area contributed by atoms with Gasteiger partial charge in [0.15, 0.2) is 0 Å². The van der Waals surface area contributed by atoms with Gasteiger partial charge in [-0.25, -0.2) is 0 Å². The van der Waals surface area contributed by atoms with Crippen molar-refractivity contribution in [2.45, 2.75) is 175 Å². The summed E-state index contributed by atoms with van der Waals surface area (Å²) >= 11 is 0. The lowest BCUT2D eigenvalue weighted by molar-refractivity contribution is 0.536. The normalized spacial score (nSPS) is 9.45. The van der Waals surface area contributed by atoms with Gasteiger partial charge in [0, 0.05) is 19.3 Å². The van der Waals surface area contributed by atoms with Crippen molar-refractivity contribution in [3.63, 3.8) is 0 Å². The zero-order valence-electron chi connectivity index (χ0n) is 23.2. The SMILES string of the molecule is C#CCCCC.C#CCCCCCCC.C#CCCCCCCCCCCCCCCCC. The number of terminal acetylenes is 3. The minimum Gasteiger partial charge on any atom is -0.120 e. The Morgan fingerprint density at radius 1 is 0.303 bits per heavy atom. The standard InChI is InChI=1S/C18H34.C9H16.C6H10/c1-3-5-7-9-11-13-15-17-18-16-14-12-10-8-6-4-2;1-3-5-7-9-8-6-4-2;1-3-5-6-4-2/h1H,4-18H2,2H3;1H,4-9H2,2H3;1H,4-6H2,2H3. The van der Waals surface area contributed by atoms with E-state index >= 15 is 0 Å². The minimum atomic E-state index is 0.941. The fourth-order valence-electron chi connectivity index (χ4n) is 3.53. The van der Waals surface area contributed by atoms with Crippen LogP contribution in [0.5, 0.6) is 0 Å². The van der Waals surface area contributed by atoms with Crippen LogP contribution in [-0.4, -0.2) is 0 Å². The Labute approximate surface area is 211 Å². The van der Waals surface area contributed by atoms with Gasteiger partial charge in [-0.05, 0) is 19.3 Å². The molecule has 0 N–H and O–H groups in total. The molecular weight excluding hydrogens is 396 g/mol. The van der Waals surface area contributed by atoms with Gasteiger partial charge in [-0.3, -0.25) is 0 Å². The molecule has 0 saturated carbocycles. The van der Waals surface area contributed by atoms with Gasteiger partial charge in [0.1, 0.15) is 0 Å². The molecule has 0 amide bonds. The maximum Gasteiger partial charge on any atom is 0.00860 e. The van der Waals surface area contributed by atoms with E-state index in [4.69, 9.17) is 19.3 Å². The summed E-state index contributed by atoms with van der Waals surface area (Å²) in [5.74, 6) is 7.92. The van der Waals surface area contributed by atoms with Crippen molar-refractivity contribution < 1.29 is 0 Å². The summed E-state index contributed by atoms with van der Waals surface area (Å²) in [6.07, 6.45) is 46.9. The zero-order valence-corrected chi connectivity index (χ0v) is 23.2. The van der Waals surface area contributed by atoms with Crippen LogP contribution in [0.15, 0.2) is 0 Å². The number of unbranched alkanes of at least 4 members (excludes halogenated alkanes) is 21. The highest BCUT2D eigenvalue weighted by atomic mass is 14.0. The molecule has 0 radical (unpaired) electrons. The fraction of sp³-hybridized carbons (Fsp3) is 0.818. The maximum atomic E-state index is 5.23. The van der Waals surface area contributed by atoms with Crippen LogP contribution in [0.25, 0.3) is 0 Å². The van der Waals surface area contributed by atoms with E-state index in [1.54, 1.807) is 0 Å². The summed E-state index contributed by atoms with van der Waals surface area (Å²) in [5, 5.41) is 0. The average molecular weight is 457 g/mol. The molecule has 0 heteroatoms. The molecule has 0 spiro atoms. The third-order valence-corrected chi connectivity index (χ3v) is 5.77. The van der Waals surface area contributed by atoms with E-state index in [9.17, 15) is 0 Å². The molecule has 0 heterocycles. The number of hydrogen-bond acceptors (Lipinski definition) is 0. The van der Waals surface area contributed by atoms with Crippen molar-refractivity contribution in [2.75, 3.05) is 0 Å². The molecule has 0 aromatic carbocycles. The molecule has 0 bridgehead atoms.